The SMILES string of the molecule is CC(=O)c1ccc(S(=O)(=O)NCCC(=O)N2CCN(CCC(C)(C)C)CC2)cc1. The zero-order valence-corrected chi connectivity index (χ0v) is 18.7. The molecule has 7 nitrogen and oxygen atoms in total. The zero-order chi connectivity index (χ0) is 21.7. The van der Waals surface area contributed by atoms with Gasteiger partial charge in [-0.15, -0.1) is 0 Å². The summed E-state index contributed by atoms with van der Waals surface area (Å²) >= 11 is 0. The minimum Gasteiger partial charge on any atom is -0.340 e. The number of hydrogen-bond donors (Lipinski definition) is 1. The van der Waals surface area contributed by atoms with E-state index in [0.717, 1.165) is 26.1 Å². The number of carbonyl (C=O) groups excluding carboxylic acids is 2. The summed E-state index contributed by atoms with van der Waals surface area (Å²) in [6, 6.07) is 5.78. The first-order valence-electron chi connectivity index (χ1n) is 10.1. The van der Waals surface area contributed by atoms with Crippen molar-refractivity contribution in [3.05, 3.63) is 29.8 Å². The van der Waals surface area contributed by atoms with Crippen LogP contribution in [0.3, 0.4) is 0 Å². The first kappa shape index (κ1) is 23.5. The van der Waals surface area contributed by atoms with E-state index in [9.17, 15) is 18.0 Å². The molecule has 0 aromatic heterocycles. The fourth-order valence-electron chi connectivity index (χ4n) is 3.12. The molecule has 0 saturated carbocycles. The van der Waals surface area contributed by atoms with E-state index in [2.05, 4.69) is 30.4 Å². The summed E-state index contributed by atoms with van der Waals surface area (Å²) < 4.78 is 27.1. The Balaban J connectivity index is 1.76. The number of hydrogen-bond acceptors (Lipinski definition) is 5. The monoisotopic (exact) mass is 423 g/mol. The second kappa shape index (κ2) is 9.82. The average Bonchev–Trinajstić information content (AvgIpc) is 2.66. The van der Waals surface area contributed by atoms with Gasteiger partial charge in [-0.2, -0.15) is 0 Å². The molecule has 1 aromatic rings. The number of sulfonamides is 1. The van der Waals surface area contributed by atoms with E-state index in [0.29, 0.717) is 24.1 Å². The van der Waals surface area contributed by atoms with Crippen LogP contribution in [-0.2, 0) is 14.8 Å². The first-order chi connectivity index (χ1) is 13.5. The van der Waals surface area contributed by atoms with E-state index in [-0.39, 0.29) is 29.6 Å². The van der Waals surface area contributed by atoms with E-state index < -0.39 is 10.0 Å². The van der Waals surface area contributed by atoms with Crippen LogP contribution in [0.25, 0.3) is 0 Å². The molecule has 0 radical (unpaired) electrons. The molecule has 0 spiro atoms. The Morgan fingerprint density at radius 1 is 1.03 bits per heavy atom. The van der Waals surface area contributed by atoms with E-state index in [1.807, 2.05) is 4.90 Å². The third-order valence-corrected chi connectivity index (χ3v) is 6.58. The maximum Gasteiger partial charge on any atom is 0.240 e. The molecule has 0 aliphatic carbocycles. The van der Waals surface area contributed by atoms with Crippen LogP contribution in [0.15, 0.2) is 29.2 Å². The molecule has 1 fully saturated rings. The maximum absolute atomic E-state index is 12.4. The molecule has 1 heterocycles. The number of nitrogens with zero attached hydrogens (tertiary/aromatic N) is 2. The summed E-state index contributed by atoms with van der Waals surface area (Å²) in [6.45, 7) is 12.3. The smallest absolute Gasteiger partial charge is 0.240 e. The Morgan fingerprint density at radius 3 is 2.14 bits per heavy atom. The van der Waals surface area contributed by atoms with E-state index >= 15 is 0 Å². The lowest BCUT2D eigenvalue weighted by molar-refractivity contribution is -0.132. The average molecular weight is 424 g/mol. The molecule has 1 aromatic carbocycles. The molecule has 1 aliphatic heterocycles. The summed E-state index contributed by atoms with van der Waals surface area (Å²) in [7, 11) is -3.70. The third kappa shape index (κ3) is 7.53. The molecule has 1 N–H and O–H groups in total. The van der Waals surface area contributed by atoms with Crippen molar-refractivity contribution in [3.63, 3.8) is 0 Å². The summed E-state index contributed by atoms with van der Waals surface area (Å²) in [5.41, 5.74) is 0.761. The van der Waals surface area contributed by atoms with Gasteiger partial charge < -0.3 is 4.90 Å². The molecule has 1 amide bonds. The molecule has 0 atom stereocenters. The molecule has 29 heavy (non-hydrogen) atoms. The molecule has 2 rings (SSSR count). The van der Waals surface area contributed by atoms with Crippen LogP contribution in [0.4, 0.5) is 0 Å². The van der Waals surface area contributed by atoms with Gasteiger partial charge in [0.15, 0.2) is 5.78 Å². The number of ketones is 1. The van der Waals surface area contributed by atoms with E-state index in [4.69, 9.17) is 0 Å². The number of rotatable bonds is 8. The fraction of sp³-hybridized carbons (Fsp3) is 0.619. The van der Waals surface area contributed by atoms with Crippen molar-refractivity contribution in [2.24, 2.45) is 5.41 Å². The molecule has 1 aliphatic rings. The van der Waals surface area contributed by atoms with Crippen LogP contribution in [0.1, 0.15) is 50.9 Å². The van der Waals surface area contributed by atoms with Gasteiger partial charge in [-0.05, 0) is 37.4 Å². The Kier molecular flexibility index (Phi) is 7.96. The van der Waals surface area contributed by atoms with Gasteiger partial charge >= 0.3 is 0 Å². The van der Waals surface area contributed by atoms with Crippen molar-refractivity contribution < 1.29 is 18.0 Å². The van der Waals surface area contributed by atoms with Crippen LogP contribution in [0, 0.1) is 5.41 Å². The topological polar surface area (TPSA) is 86.8 Å². The molecular weight excluding hydrogens is 390 g/mol. The quantitative estimate of drug-likeness (QED) is 0.648. The maximum atomic E-state index is 12.4. The zero-order valence-electron chi connectivity index (χ0n) is 17.9. The van der Waals surface area contributed by atoms with Crippen LogP contribution < -0.4 is 4.72 Å². The minimum absolute atomic E-state index is 0.0323. The number of amides is 1. The van der Waals surface area contributed by atoms with Crippen molar-refractivity contribution in [1.29, 1.82) is 0 Å². The highest BCUT2D eigenvalue weighted by Gasteiger charge is 2.22. The first-order valence-corrected chi connectivity index (χ1v) is 11.6. The number of piperazine rings is 1. The Hall–Kier alpha value is -1.77. The van der Waals surface area contributed by atoms with Crippen molar-refractivity contribution in [2.45, 2.75) is 45.4 Å². The van der Waals surface area contributed by atoms with E-state index in [1.165, 1.54) is 31.2 Å². The van der Waals surface area contributed by atoms with Crippen molar-refractivity contribution in [3.8, 4) is 0 Å². The van der Waals surface area contributed by atoms with Gasteiger partial charge in [0.2, 0.25) is 15.9 Å². The highest BCUT2D eigenvalue weighted by molar-refractivity contribution is 7.89. The van der Waals surface area contributed by atoms with Gasteiger partial charge in [0.1, 0.15) is 0 Å². The van der Waals surface area contributed by atoms with Gasteiger partial charge in [0.25, 0.3) is 0 Å². The predicted molar refractivity (Wildman–Crippen MR) is 113 cm³/mol. The van der Waals surface area contributed by atoms with E-state index in [1.54, 1.807) is 0 Å². The lowest BCUT2D eigenvalue weighted by Crippen LogP contribution is -2.49. The van der Waals surface area contributed by atoms with Crippen molar-refractivity contribution >= 4 is 21.7 Å². The lowest BCUT2D eigenvalue weighted by Gasteiger charge is -2.36. The highest BCUT2D eigenvalue weighted by Crippen LogP contribution is 2.19. The van der Waals surface area contributed by atoms with Gasteiger partial charge in [-0.3, -0.25) is 14.5 Å². The lowest BCUT2D eigenvalue weighted by atomic mass is 9.92. The summed E-state index contributed by atoms with van der Waals surface area (Å²) in [6.07, 6.45) is 1.25. The molecule has 0 bridgehead atoms. The Labute approximate surface area is 174 Å². The highest BCUT2D eigenvalue weighted by atomic mass is 32.2. The standard InChI is InChI=1S/C21H33N3O4S/c1-17(25)18-5-7-19(8-6-18)29(27,28)22-11-9-20(26)24-15-13-23(14-16-24)12-10-21(2,3)4/h5-8,22H,9-16H2,1-4H3. The van der Waals surface area contributed by atoms with Gasteiger partial charge in [-0.1, -0.05) is 32.9 Å². The second-order valence-electron chi connectivity index (χ2n) is 8.76. The molecule has 8 heteroatoms. The predicted octanol–water partition coefficient (Wildman–Crippen LogP) is 2.14. The second-order valence-corrected chi connectivity index (χ2v) is 10.5. The molecule has 1 saturated heterocycles. The number of carbonyl (C=O) groups is 2. The van der Waals surface area contributed by atoms with Gasteiger partial charge in [-0.25, -0.2) is 13.1 Å². The number of nitrogens with one attached hydrogen (secondary N) is 1. The van der Waals surface area contributed by atoms with Crippen LogP contribution in [-0.4, -0.2) is 69.2 Å². The number of benzene rings is 1. The van der Waals surface area contributed by atoms with Gasteiger partial charge in [0, 0.05) is 44.7 Å². The summed E-state index contributed by atoms with van der Waals surface area (Å²) in [4.78, 5) is 28.0. The van der Waals surface area contributed by atoms with Crippen LogP contribution in [0.5, 0.6) is 0 Å². The summed E-state index contributed by atoms with van der Waals surface area (Å²) in [5, 5.41) is 0. The Morgan fingerprint density at radius 2 is 1.62 bits per heavy atom. The van der Waals surface area contributed by atoms with Gasteiger partial charge in [0.05, 0.1) is 4.90 Å². The summed E-state index contributed by atoms with van der Waals surface area (Å²) in [5.74, 6) is -0.152. The largest absolute Gasteiger partial charge is 0.340 e. The number of Topliss-reactive ketones (excluding diaryl/α,β-unsaturated/α-hetero) is 1. The van der Waals surface area contributed by atoms with Crippen molar-refractivity contribution in [1.82, 2.24) is 14.5 Å². The van der Waals surface area contributed by atoms with Crippen LogP contribution >= 0.6 is 0 Å². The molecular formula is C21H33N3O4S. The normalized spacial score (nSPS) is 16.1. The van der Waals surface area contributed by atoms with Crippen molar-refractivity contribution in [2.75, 3.05) is 39.3 Å². The fourth-order valence-corrected chi connectivity index (χ4v) is 4.15. The Bertz CT molecular complexity index is 805. The third-order valence-electron chi connectivity index (χ3n) is 5.11. The minimum atomic E-state index is -3.70. The molecule has 0 unspecified atom stereocenters. The van der Waals surface area contributed by atoms with Crippen LogP contribution in [0.2, 0.25) is 0 Å². The molecule has 162 valence electrons.